The molecule has 0 saturated carbocycles. The van der Waals surface area contributed by atoms with Gasteiger partial charge in [0, 0.05) is 10.8 Å². The van der Waals surface area contributed by atoms with Gasteiger partial charge in [-0.1, -0.05) is 152 Å². The van der Waals surface area contributed by atoms with E-state index in [1.54, 1.807) is 5.57 Å². The molecule has 2 aromatic carbocycles. The molecule has 1 unspecified atom stereocenters. The zero-order chi connectivity index (χ0) is 29.1. The van der Waals surface area contributed by atoms with E-state index in [0.29, 0.717) is 5.41 Å². The third kappa shape index (κ3) is 7.45. The van der Waals surface area contributed by atoms with E-state index in [1.165, 1.54) is 59.9 Å². The van der Waals surface area contributed by atoms with Gasteiger partial charge in [-0.05, 0) is 80.1 Å². The Morgan fingerprint density at radius 2 is 1.44 bits per heavy atom. The maximum absolute atomic E-state index is 2.50. The number of aryl methyl sites for hydroxylation is 1. The molecule has 0 bridgehead atoms. The molecule has 0 fully saturated rings. The van der Waals surface area contributed by atoms with Crippen molar-refractivity contribution in [2.45, 2.75) is 126 Å². The highest BCUT2D eigenvalue weighted by atomic mass is 14.5. The van der Waals surface area contributed by atoms with Gasteiger partial charge in [0.1, 0.15) is 0 Å². The topological polar surface area (TPSA) is 0 Å². The molecule has 1 atom stereocenters. The summed E-state index contributed by atoms with van der Waals surface area (Å²) in [6.45, 7) is 23.1. The first kappa shape index (κ1) is 32.9. The zero-order valence-corrected chi connectivity index (χ0v) is 27.1. The molecule has 0 spiro atoms. The Labute approximate surface area is 242 Å². The van der Waals surface area contributed by atoms with Gasteiger partial charge >= 0.3 is 0 Å². The Hall–Kier alpha value is -2.34. The van der Waals surface area contributed by atoms with Gasteiger partial charge in [0.2, 0.25) is 0 Å². The summed E-state index contributed by atoms with van der Waals surface area (Å²) in [6.07, 6.45) is 16.8. The van der Waals surface area contributed by atoms with Crippen LogP contribution in [0.1, 0.15) is 131 Å². The molecule has 3 rings (SSSR count). The molecule has 0 amide bonds. The second-order valence-corrected chi connectivity index (χ2v) is 12.4. The lowest BCUT2D eigenvalue weighted by atomic mass is 9.58. The summed E-state index contributed by atoms with van der Waals surface area (Å²) in [4.78, 5) is 0. The molecule has 0 heteroatoms. The molecular formula is C39H58. The van der Waals surface area contributed by atoms with Gasteiger partial charge in [-0.3, -0.25) is 0 Å². The summed E-state index contributed by atoms with van der Waals surface area (Å²) < 4.78 is 0. The fourth-order valence-corrected chi connectivity index (χ4v) is 6.95. The van der Waals surface area contributed by atoms with Gasteiger partial charge < -0.3 is 0 Å². The van der Waals surface area contributed by atoms with Crippen LogP contribution in [0.15, 0.2) is 84.0 Å². The van der Waals surface area contributed by atoms with Crippen molar-refractivity contribution >= 4 is 5.57 Å². The Morgan fingerprint density at radius 3 is 1.90 bits per heavy atom. The highest BCUT2D eigenvalue weighted by molar-refractivity contribution is 5.75. The van der Waals surface area contributed by atoms with Gasteiger partial charge in [0.25, 0.3) is 0 Å². The lowest BCUT2D eigenvalue weighted by molar-refractivity contribution is 0.310. The van der Waals surface area contributed by atoms with E-state index in [4.69, 9.17) is 0 Å². The molecule has 39 heavy (non-hydrogen) atoms. The number of rotatable bonds is 10. The minimum atomic E-state index is 0.118. The highest BCUT2D eigenvalue weighted by Gasteiger charge is 2.42. The predicted octanol–water partition coefficient (Wildman–Crippen LogP) is 12.3. The first-order valence-electron chi connectivity index (χ1n) is 15.8. The largest absolute Gasteiger partial charge is 0.0878 e. The lowest BCUT2D eigenvalue weighted by Crippen LogP contribution is -2.33. The fraction of sp³-hybridized carbons (Fsp3) is 0.538. The van der Waals surface area contributed by atoms with Gasteiger partial charge in [-0.15, -0.1) is 0 Å². The molecule has 1 aliphatic carbocycles. The summed E-state index contributed by atoms with van der Waals surface area (Å²) in [7, 11) is 0. The van der Waals surface area contributed by atoms with Gasteiger partial charge in [0.15, 0.2) is 0 Å². The molecule has 0 aliphatic heterocycles. The van der Waals surface area contributed by atoms with Crippen LogP contribution in [0.5, 0.6) is 0 Å². The molecule has 214 valence electrons. The van der Waals surface area contributed by atoms with Crippen molar-refractivity contribution in [1.82, 2.24) is 0 Å². The minimum Gasteiger partial charge on any atom is -0.0878 e. The molecule has 0 saturated heterocycles. The maximum atomic E-state index is 2.50. The van der Waals surface area contributed by atoms with Crippen LogP contribution < -0.4 is 0 Å². The average Bonchev–Trinajstić information content (AvgIpc) is 2.95. The average molecular weight is 527 g/mol. The van der Waals surface area contributed by atoms with Crippen LogP contribution in [0.25, 0.3) is 5.57 Å². The molecule has 0 radical (unpaired) electrons. The Morgan fingerprint density at radius 1 is 0.846 bits per heavy atom. The second-order valence-electron chi connectivity index (χ2n) is 12.4. The Balaban J connectivity index is 0.000000283. The standard InChI is InChI=1S/C22H32.C17H26/c1-7-10-20-21(4,5)19(15-16-22(20,6)9-3)18-13-11-17(8-2)12-14-18;1-5-13-17(14-6-2,15(4)7-3)16-11-9-8-10-12-16/h10-15H,7-9,16H2,1-6H3;7-12H,5-6,13-14H2,1-4H3/b20-10-;15-7-. The molecule has 0 heterocycles. The second kappa shape index (κ2) is 14.9. The van der Waals surface area contributed by atoms with Crippen LogP contribution in [0, 0.1) is 10.8 Å². The van der Waals surface area contributed by atoms with Gasteiger partial charge in [-0.2, -0.15) is 0 Å². The van der Waals surface area contributed by atoms with Crippen molar-refractivity contribution < 1.29 is 0 Å². The van der Waals surface area contributed by atoms with E-state index in [0.717, 1.165) is 19.3 Å². The van der Waals surface area contributed by atoms with E-state index in [2.05, 4.69) is 142 Å². The zero-order valence-electron chi connectivity index (χ0n) is 27.1. The highest BCUT2D eigenvalue weighted by Crippen LogP contribution is 2.55. The van der Waals surface area contributed by atoms with Crippen molar-refractivity contribution in [2.75, 3.05) is 0 Å². The van der Waals surface area contributed by atoms with E-state index in [-0.39, 0.29) is 10.8 Å². The maximum Gasteiger partial charge on any atom is 0.0158 e. The molecule has 0 nitrogen and oxygen atoms in total. The van der Waals surface area contributed by atoms with Crippen molar-refractivity contribution in [2.24, 2.45) is 10.8 Å². The third-order valence-corrected chi connectivity index (χ3v) is 9.48. The van der Waals surface area contributed by atoms with E-state index in [9.17, 15) is 0 Å². The van der Waals surface area contributed by atoms with Crippen LogP contribution in [-0.4, -0.2) is 0 Å². The lowest BCUT2D eigenvalue weighted by Gasteiger charge is -2.46. The van der Waals surface area contributed by atoms with Crippen LogP contribution in [0.4, 0.5) is 0 Å². The smallest absolute Gasteiger partial charge is 0.0158 e. The first-order valence-corrected chi connectivity index (χ1v) is 15.8. The van der Waals surface area contributed by atoms with E-state index >= 15 is 0 Å². The van der Waals surface area contributed by atoms with E-state index in [1.807, 2.05) is 0 Å². The molecular weight excluding hydrogens is 468 g/mol. The summed E-state index contributed by atoms with van der Waals surface area (Å²) in [5.41, 5.74) is 9.64. The molecule has 2 aromatic rings. The minimum absolute atomic E-state index is 0.118. The molecule has 0 N–H and O–H groups in total. The van der Waals surface area contributed by atoms with Crippen molar-refractivity contribution in [3.8, 4) is 0 Å². The summed E-state index contributed by atoms with van der Waals surface area (Å²) >= 11 is 0. The summed E-state index contributed by atoms with van der Waals surface area (Å²) in [6, 6.07) is 20.2. The molecule has 1 aliphatic rings. The van der Waals surface area contributed by atoms with Crippen molar-refractivity contribution in [3.63, 3.8) is 0 Å². The normalized spacial score (nSPS) is 20.3. The molecule has 0 aromatic heterocycles. The Kier molecular flexibility index (Phi) is 12.5. The Bertz CT molecular complexity index is 1080. The van der Waals surface area contributed by atoms with E-state index < -0.39 is 0 Å². The third-order valence-electron chi connectivity index (χ3n) is 9.48. The summed E-state index contributed by atoms with van der Waals surface area (Å²) in [5.74, 6) is 0. The fourth-order valence-electron chi connectivity index (χ4n) is 6.95. The van der Waals surface area contributed by atoms with Crippen LogP contribution in [-0.2, 0) is 11.8 Å². The number of allylic oxidation sites excluding steroid dienone is 6. The quantitative estimate of drug-likeness (QED) is 0.270. The van der Waals surface area contributed by atoms with Gasteiger partial charge in [0.05, 0.1) is 0 Å². The number of hydrogen-bond acceptors (Lipinski definition) is 0. The van der Waals surface area contributed by atoms with Crippen molar-refractivity contribution in [1.29, 1.82) is 0 Å². The monoisotopic (exact) mass is 526 g/mol. The first-order chi connectivity index (χ1) is 18.6. The summed E-state index contributed by atoms with van der Waals surface area (Å²) in [5, 5.41) is 0. The van der Waals surface area contributed by atoms with Crippen LogP contribution in [0.2, 0.25) is 0 Å². The van der Waals surface area contributed by atoms with Crippen LogP contribution in [0.3, 0.4) is 0 Å². The van der Waals surface area contributed by atoms with Crippen molar-refractivity contribution in [3.05, 3.63) is 101 Å². The number of benzene rings is 2. The predicted molar refractivity (Wildman–Crippen MR) is 176 cm³/mol. The number of hydrogen-bond donors (Lipinski definition) is 0. The van der Waals surface area contributed by atoms with Crippen LogP contribution >= 0.6 is 0 Å². The van der Waals surface area contributed by atoms with Gasteiger partial charge in [-0.25, -0.2) is 0 Å². The SMILES string of the molecule is C/C=C(/C)C(CCC)(CCC)c1ccccc1.CC/C=C1\C(C)(CC)CC=C(c2ccc(CC)cc2)C1(C)C.